The fourth-order valence-electron chi connectivity index (χ4n) is 2.36. The molecule has 0 aliphatic heterocycles. The number of anilines is 1. The fourth-order valence-corrected chi connectivity index (χ4v) is 2.54. The molecule has 3 aromatic rings. The van der Waals surface area contributed by atoms with Crippen molar-refractivity contribution in [1.82, 2.24) is 4.57 Å². The summed E-state index contributed by atoms with van der Waals surface area (Å²) < 4.78 is 7.33. The number of nitrogens with zero attached hydrogens (tertiary/aromatic N) is 1. The summed E-state index contributed by atoms with van der Waals surface area (Å²) in [7, 11) is 0. The van der Waals surface area contributed by atoms with Crippen LogP contribution in [0.4, 0.5) is 5.69 Å². The van der Waals surface area contributed by atoms with Crippen molar-refractivity contribution in [3.05, 3.63) is 70.0 Å². The number of halogens is 1. The first-order valence-corrected chi connectivity index (χ1v) is 7.29. The second-order valence-electron chi connectivity index (χ2n) is 4.95. The zero-order valence-electron chi connectivity index (χ0n) is 11.8. The molecule has 0 spiro atoms. The molecule has 0 radical (unpaired) electrons. The fraction of sp³-hybridized carbons (Fsp3) is 0.118. The molecule has 0 fully saturated rings. The Morgan fingerprint density at radius 2 is 1.95 bits per heavy atom. The molecule has 0 bridgehead atoms. The lowest BCUT2D eigenvalue weighted by Gasteiger charge is -2.11. The Morgan fingerprint density at radius 1 is 1.09 bits per heavy atom. The van der Waals surface area contributed by atoms with E-state index in [1.54, 1.807) is 34.9 Å². The van der Waals surface area contributed by atoms with Crippen molar-refractivity contribution in [3.63, 3.8) is 0 Å². The molecule has 5 heteroatoms. The third-order valence-electron chi connectivity index (χ3n) is 3.39. The first-order valence-electron chi connectivity index (χ1n) is 6.91. The maximum absolute atomic E-state index is 12.1. The minimum Gasteiger partial charge on any atom is -0.492 e. The lowest BCUT2D eigenvalue weighted by atomic mass is 10.2. The second-order valence-corrected chi connectivity index (χ2v) is 5.38. The normalized spacial score (nSPS) is 10.8. The van der Waals surface area contributed by atoms with E-state index in [0.717, 1.165) is 10.9 Å². The molecule has 1 aromatic heterocycles. The lowest BCUT2D eigenvalue weighted by Crippen LogP contribution is -2.22. The number of aromatic nitrogens is 1. The van der Waals surface area contributed by atoms with Crippen LogP contribution in [0.25, 0.3) is 10.9 Å². The molecular weight excluding hydrogens is 300 g/mol. The number of ether oxygens (including phenoxy) is 1. The predicted molar refractivity (Wildman–Crippen MR) is 89.6 cm³/mol. The summed E-state index contributed by atoms with van der Waals surface area (Å²) in [6, 6.07) is 16.0. The number of nitrogen functional groups attached to an aromatic ring is 1. The molecule has 0 aliphatic carbocycles. The molecule has 22 heavy (non-hydrogen) atoms. The summed E-state index contributed by atoms with van der Waals surface area (Å²) in [6.45, 7) is 0.831. The van der Waals surface area contributed by atoms with E-state index in [9.17, 15) is 4.79 Å². The molecule has 0 saturated carbocycles. The second kappa shape index (κ2) is 6.12. The summed E-state index contributed by atoms with van der Waals surface area (Å²) in [5, 5.41) is 1.57. The van der Waals surface area contributed by atoms with Crippen LogP contribution < -0.4 is 16.0 Å². The van der Waals surface area contributed by atoms with Gasteiger partial charge in [0.2, 0.25) is 0 Å². The minimum absolute atomic E-state index is 0.0639. The number of nitrogens with two attached hydrogens (primary N) is 1. The first-order chi connectivity index (χ1) is 10.6. The van der Waals surface area contributed by atoms with Crippen molar-refractivity contribution in [1.29, 1.82) is 0 Å². The number of pyridine rings is 1. The number of hydrogen-bond acceptors (Lipinski definition) is 3. The summed E-state index contributed by atoms with van der Waals surface area (Å²) in [4.78, 5) is 12.1. The van der Waals surface area contributed by atoms with Crippen LogP contribution in [0.2, 0.25) is 5.02 Å². The summed E-state index contributed by atoms with van der Waals surface area (Å²) in [5.41, 5.74) is 7.13. The van der Waals surface area contributed by atoms with Gasteiger partial charge < -0.3 is 15.0 Å². The van der Waals surface area contributed by atoms with E-state index in [4.69, 9.17) is 22.1 Å². The average Bonchev–Trinajstić information content (AvgIpc) is 2.49. The van der Waals surface area contributed by atoms with E-state index >= 15 is 0 Å². The summed E-state index contributed by atoms with van der Waals surface area (Å²) in [5.74, 6) is 0.691. The first kappa shape index (κ1) is 14.5. The predicted octanol–water partition coefficient (Wildman–Crippen LogP) is 3.32. The Morgan fingerprint density at radius 3 is 2.77 bits per heavy atom. The van der Waals surface area contributed by atoms with Gasteiger partial charge >= 0.3 is 0 Å². The highest BCUT2D eigenvalue weighted by Crippen LogP contribution is 2.18. The van der Waals surface area contributed by atoms with E-state index in [-0.39, 0.29) is 5.56 Å². The number of benzene rings is 2. The van der Waals surface area contributed by atoms with Crippen LogP contribution in [0, 0.1) is 0 Å². The van der Waals surface area contributed by atoms with E-state index < -0.39 is 0 Å². The van der Waals surface area contributed by atoms with Gasteiger partial charge in [-0.15, -0.1) is 0 Å². The van der Waals surface area contributed by atoms with Gasteiger partial charge in [0.25, 0.3) is 5.56 Å². The van der Waals surface area contributed by atoms with E-state index in [1.807, 2.05) is 24.3 Å². The van der Waals surface area contributed by atoms with Crippen LogP contribution in [0.5, 0.6) is 5.75 Å². The standard InChI is InChI=1S/C17H15ClN2O2/c18-13-5-6-16-12(10-13)4-7-17(21)20(16)8-9-22-15-3-1-2-14(19)11-15/h1-7,10-11H,8-9,19H2. The van der Waals surface area contributed by atoms with Crippen molar-refractivity contribution in [2.45, 2.75) is 6.54 Å². The summed E-state index contributed by atoms with van der Waals surface area (Å²) >= 11 is 5.99. The molecule has 112 valence electrons. The molecule has 0 unspecified atom stereocenters. The molecule has 1 heterocycles. The smallest absolute Gasteiger partial charge is 0.251 e. The van der Waals surface area contributed by atoms with Gasteiger partial charge in [0.05, 0.1) is 12.1 Å². The highest BCUT2D eigenvalue weighted by molar-refractivity contribution is 6.31. The Kier molecular flexibility index (Phi) is 4.02. The largest absolute Gasteiger partial charge is 0.492 e. The van der Waals surface area contributed by atoms with Crippen molar-refractivity contribution in [3.8, 4) is 5.75 Å². The molecule has 0 saturated heterocycles. The number of rotatable bonds is 4. The average molecular weight is 315 g/mol. The van der Waals surface area contributed by atoms with Crippen LogP contribution in [0.15, 0.2) is 59.4 Å². The zero-order chi connectivity index (χ0) is 15.5. The van der Waals surface area contributed by atoms with Crippen molar-refractivity contribution < 1.29 is 4.74 Å². The van der Waals surface area contributed by atoms with E-state index in [0.29, 0.717) is 29.6 Å². The van der Waals surface area contributed by atoms with Crippen LogP contribution in [0.3, 0.4) is 0 Å². The van der Waals surface area contributed by atoms with Crippen molar-refractivity contribution in [2.24, 2.45) is 0 Å². The third-order valence-corrected chi connectivity index (χ3v) is 3.63. The van der Waals surface area contributed by atoms with Gasteiger partial charge in [0.15, 0.2) is 0 Å². The highest BCUT2D eigenvalue weighted by atomic mass is 35.5. The van der Waals surface area contributed by atoms with Crippen LogP contribution >= 0.6 is 11.6 Å². The molecule has 0 amide bonds. The molecular formula is C17H15ClN2O2. The van der Waals surface area contributed by atoms with Gasteiger partial charge in [-0.1, -0.05) is 17.7 Å². The van der Waals surface area contributed by atoms with Gasteiger partial charge in [0, 0.05) is 22.8 Å². The monoisotopic (exact) mass is 314 g/mol. The van der Waals surface area contributed by atoms with Gasteiger partial charge in [-0.3, -0.25) is 4.79 Å². The molecule has 2 N–H and O–H groups in total. The summed E-state index contributed by atoms with van der Waals surface area (Å²) in [6.07, 6.45) is 0. The van der Waals surface area contributed by atoms with Crippen LogP contribution in [-0.4, -0.2) is 11.2 Å². The van der Waals surface area contributed by atoms with Crippen molar-refractivity contribution in [2.75, 3.05) is 12.3 Å². The Labute approximate surface area is 132 Å². The number of fused-ring (bicyclic) bond motifs is 1. The lowest BCUT2D eigenvalue weighted by molar-refractivity contribution is 0.299. The molecule has 0 atom stereocenters. The Hall–Kier alpha value is -2.46. The molecule has 3 rings (SSSR count). The maximum atomic E-state index is 12.1. The topological polar surface area (TPSA) is 57.2 Å². The van der Waals surface area contributed by atoms with Gasteiger partial charge in [-0.05, 0) is 41.8 Å². The third kappa shape index (κ3) is 3.07. The van der Waals surface area contributed by atoms with Gasteiger partial charge in [-0.25, -0.2) is 0 Å². The maximum Gasteiger partial charge on any atom is 0.251 e. The van der Waals surface area contributed by atoms with E-state index in [1.165, 1.54) is 0 Å². The zero-order valence-corrected chi connectivity index (χ0v) is 12.6. The Balaban J connectivity index is 1.81. The SMILES string of the molecule is Nc1cccc(OCCn2c(=O)ccc3cc(Cl)ccc32)c1. The van der Waals surface area contributed by atoms with Crippen LogP contribution in [0.1, 0.15) is 0 Å². The quantitative estimate of drug-likeness (QED) is 0.752. The number of hydrogen-bond donors (Lipinski definition) is 1. The molecule has 0 aliphatic rings. The highest BCUT2D eigenvalue weighted by Gasteiger charge is 2.04. The Bertz CT molecular complexity index is 874. The van der Waals surface area contributed by atoms with E-state index in [2.05, 4.69) is 0 Å². The molecule has 4 nitrogen and oxygen atoms in total. The molecule has 2 aromatic carbocycles. The van der Waals surface area contributed by atoms with Crippen LogP contribution in [-0.2, 0) is 6.54 Å². The minimum atomic E-state index is -0.0639. The van der Waals surface area contributed by atoms with Gasteiger partial charge in [0.1, 0.15) is 12.4 Å². The van der Waals surface area contributed by atoms with Gasteiger partial charge in [-0.2, -0.15) is 0 Å². The van der Waals surface area contributed by atoms with Crippen molar-refractivity contribution >= 4 is 28.2 Å².